The van der Waals surface area contributed by atoms with Gasteiger partial charge in [-0.25, -0.2) is 0 Å². The van der Waals surface area contributed by atoms with E-state index < -0.39 is 0 Å². The van der Waals surface area contributed by atoms with Gasteiger partial charge in [0.15, 0.2) is 0 Å². The van der Waals surface area contributed by atoms with E-state index in [9.17, 15) is 4.79 Å². The Kier molecular flexibility index (Phi) is 4.00. The molecule has 2 aliphatic rings. The molecule has 1 aromatic carbocycles. The number of nitrogens with zero attached hydrogens (tertiary/aromatic N) is 1. The number of piperazine rings is 1. The third kappa shape index (κ3) is 3.27. The Hall–Kier alpha value is -1.39. The summed E-state index contributed by atoms with van der Waals surface area (Å²) in [6.07, 6.45) is 2.11. The van der Waals surface area contributed by atoms with Crippen LogP contribution in [0.15, 0.2) is 24.3 Å². The van der Waals surface area contributed by atoms with Crippen LogP contribution in [0.4, 0.5) is 0 Å². The number of amides is 1. The van der Waals surface area contributed by atoms with Gasteiger partial charge in [0.05, 0.1) is 5.54 Å². The highest BCUT2D eigenvalue weighted by Crippen LogP contribution is 2.45. The number of rotatable bonds is 4. The van der Waals surface area contributed by atoms with Gasteiger partial charge in [-0.3, -0.25) is 9.69 Å². The van der Waals surface area contributed by atoms with Crippen LogP contribution < -0.4 is 10.6 Å². The lowest BCUT2D eigenvalue weighted by molar-refractivity contribution is -0.120. The van der Waals surface area contributed by atoms with Crippen molar-refractivity contribution < 1.29 is 4.79 Å². The van der Waals surface area contributed by atoms with Gasteiger partial charge in [-0.15, -0.1) is 0 Å². The van der Waals surface area contributed by atoms with Crippen LogP contribution in [0.3, 0.4) is 0 Å². The highest BCUT2D eigenvalue weighted by molar-refractivity contribution is 5.74. The first-order valence-corrected chi connectivity index (χ1v) is 7.92. The van der Waals surface area contributed by atoms with Gasteiger partial charge in [-0.2, -0.15) is 0 Å². The first kappa shape index (κ1) is 14.5. The van der Waals surface area contributed by atoms with Crippen LogP contribution in [0.25, 0.3) is 0 Å². The molecule has 1 aliphatic carbocycles. The number of hydrogen-bond acceptors (Lipinski definition) is 3. The van der Waals surface area contributed by atoms with E-state index in [0.29, 0.717) is 6.04 Å². The molecule has 4 heteroatoms. The van der Waals surface area contributed by atoms with E-state index in [2.05, 4.69) is 46.7 Å². The van der Waals surface area contributed by atoms with Crippen LogP contribution in [0.5, 0.6) is 0 Å². The molecule has 2 fully saturated rings. The maximum atomic E-state index is 11.3. The van der Waals surface area contributed by atoms with Gasteiger partial charge in [0.25, 0.3) is 0 Å². The minimum Gasteiger partial charge on any atom is -0.347 e. The zero-order valence-electron chi connectivity index (χ0n) is 13.0. The van der Waals surface area contributed by atoms with E-state index in [1.807, 2.05) is 0 Å². The molecule has 0 unspecified atom stereocenters. The molecular formula is C17H25N3O. The van der Waals surface area contributed by atoms with Crippen molar-refractivity contribution in [3.8, 4) is 0 Å². The minimum absolute atomic E-state index is 0.0613. The van der Waals surface area contributed by atoms with Crippen LogP contribution in [0.1, 0.15) is 37.8 Å². The fraction of sp³-hybridized carbons (Fsp3) is 0.588. The Bertz CT molecular complexity index is 507. The molecule has 0 radical (unpaired) electrons. The average molecular weight is 287 g/mol. The van der Waals surface area contributed by atoms with Crippen molar-refractivity contribution in [2.24, 2.45) is 0 Å². The van der Waals surface area contributed by atoms with Crippen molar-refractivity contribution >= 4 is 5.91 Å². The predicted octanol–water partition coefficient (Wildman–Crippen LogP) is 1.61. The van der Waals surface area contributed by atoms with Gasteiger partial charge in [0.1, 0.15) is 0 Å². The predicted molar refractivity (Wildman–Crippen MR) is 83.9 cm³/mol. The number of carbonyl (C=O) groups is 1. The molecule has 4 nitrogen and oxygen atoms in total. The molecule has 0 aromatic heterocycles. The molecule has 114 valence electrons. The summed E-state index contributed by atoms with van der Waals surface area (Å²) in [7, 11) is 0. The van der Waals surface area contributed by atoms with Gasteiger partial charge in [0, 0.05) is 39.1 Å². The van der Waals surface area contributed by atoms with Crippen LogP contribution in [0.2, 0.25) is 0 Å². The molecule has 2 N–H and O–H groups in total. The highest BCUT2D eigenvalue weighted by Gasteiger charge is 2.44. The second kappa shape index (κ2) is 5.78. The third-order valence-corrected chi connectivity index (χ3v) is 4.70. The van der Waals surface area contributed by atoms with Crippen molar-refractivity contribution in [2.45, 2.75) is 44.8 Å². The summed E-state index contributed by atoms with van der Waals surface area (Å²) in [6, 6.07) is 9.39. The van der Waals surface area contributed by atoms with Gasteiger partial charge in [0.2, 0.25) is 5.91 Å². The summed E-state index contributed by atoms with van der Waals surface area (Å²) in [4.78, 5) is 13.8. The molecule has 1 saturated heterocycles. The van der Waals surface area contributed by atoms with Crippen LogP contribution in [-0.2, 0) is 16.9 Å². The molecule has 21 heavy (non-hydrogen) atoms. The molecule has 1 aromatic rings. The molecule has 1 atom stereocenters. The summed E-state index contributed by atoms with van der Waals surface area (Å²) in [5.74, 6) is 0.0613. The standard InChI is InChI=1S/C17H25N3O/c1-13-11-18-9-10-20(13)12-15-3-5-16(6-4-15)17(7-8-17)19-14(2)21/h3-6,13,18H,7-12H2,1-2H3,(H,19,21)/t13-/m1/s1. The minimum atomic E-state index is -0.0767. The molecule has 0 bridgehead atoms. The SMILES string of the molecule is CC(=O)NC1(c2ccc(CN3CCNC[C@H]3C)cc2)CC1. The number of hydrogen-bond donors (Lipinski definition) is 2. The van der Waals surface area contributed by atoms with E-state index >= 15 is 0 Å². The average Bonchev–Trinajstić information content (AvgIpc) is 3.22. The van der Waals surface area contributed by atoms with Gasteiger partial charge in [-0.1, -0.05) is 24.3 Å². The Morgan fingerprint density at radius 1 is 1.38 bits per heavy atom. The Balaban J connectivity index is 1.65. The summed E-state index contributed by atoms with van der Waals surface area (Å²) in [6.45, 7) is 8.14. The number of benzene rings is 1. The van der Waals surface area contributed by atoms with Crippen molar-refractivity contribution in [1.29, 1.82) is 0 Å². The monoisotopic (exact) mass is 287 g/mol. The fourth-order valence-electron chi connectivity index (χ4n) is 3.23. The normalized spacial score (nSPS) is 24.6. The Labute approximate surface area is 126 Å². The number of carbonyl (C=O) groups excluding carboxylic acids is 1. The van der Waals surface area contributed by atoms with Gasteiger partial charge < -0.3 is 10.6 Å². The summed E-state index contributed by atoms with van der Waals surface area (Å²) < 4.78 is 0. The van der Waals surface area contributed by atoms with E-state index in [4.69, 9.17) is 0 Å². The smallest absolute Gasteiger partial charge is 0.217 e. The molecular weight excluding hydrogens is 262 g/mol. The maximum absolute atomic E-state index is 11.3. The van der Waals surface area contributed by atoms with Crippen molar-refractivity contribution in [3.05, 3.63) is 35.4 Å². The van der Waals surface area contributed by atoms with Crippen molar-refractivity contribution in [1.82, 2.24) is 15.5 Å². The molecule has 1 aliphatic heterocycles. The zero-order chi connectivity index (χ0) is 14.9. The van der Waals surface area contributed by atoms with E-state index in [0.717, 1.165) is 39.0 Å². The fourth-order valence-corrected chi connectivity index (χ4v) is 3.23. The molecule has 3 rings (SSSR count). The second-order valence-corrected chi connectivity index (χ2v) is 6.48. The topological polar surface area (TPSA) is 44.4 Å². The van der Waals surface area contributed by atoms with E-state index in [1.54, 1.807) is 6.92 Å². The van der Waals surface area contributed by atoms with Gasteiger partial charge in [-0.05, 0) is 30.9 Å². The summed E-state index contributed by atoms with van der Waals surface area (Å²) in [5.41, 5.74) is 2.52. The van der Waals surface area contributed by atoms with Crippen molar-refractivity contribution in [2.75, 3.05) is 19.6 Å². The lowest BCUT2D eigenvalue weighted by Crippen LogP contribution is -2.49. The zero-order valence-corrected chi connectivity index (χ0v) is 13.0. The Morgan fingerprint density at radius 3 is 2.67 bits per heavy atom. The highest BCUT2D eigenvalue weighted by atomic mass is 16.1. The molecule has 0 spiro atoms. The quantitative estimate of drug-likeness (QED) is 0.884. The maximum Gasteiger partial charge on any atom is 0.217 e. The van der Waals surface area contributed by atoms with Crippen molar-refractivity contribution in [3.63, 3.8) is 0 Å². The first-order chi connectivity index (χ1) is 10.1. The Morgan fingerprint density at radius 2 is 2.10 bits per heavy atom. The first-order valence-electron chi connectivity index (χ1n) is 7.92. The largest absolute Gasteiger partial charge is 0.347 e. The van der Waals surface area contributed by atoms with Gasteiger partial charge >= 0.3 is 0 Å². The summed E-state index contributed by atoms with van der Waals surface area (Å²) in [5, 5.41) is 6.52. The molecule has 1 amide bonds. The van der Waals surface area contributed by atoms with E-state index in [1.165, 1.54) is 11.1 Å². The lowest BCUT2D eigenvalue weighted by Gasteiger charge is -2.34. The van der Waals surface area contributed by atoms with Crippen LogP contribution in [0, 0.1) is 0 Å². The molecule has 1 saturated carbocycles. The number of nitrogens with one attached hydrogen (secondary N) is 2. The summed E-state index contributed by atoms with van der Waals surface area (Å²) >= 11 is 0. The lowest BCUT2D eigenvalue weighted by atomic mass is 10.0. The molecule has 1 heterocycles. The van der Waals surface area contributed by atoms with E-state index in [-0.39, 0.29) is 11.4 Å². The second-order valence-electron chi connectivity index (χ2n) is 6.48. The van der Waals surface area contributed by atoms with Crippen LogP contribution in [-0.4, -0.2) is 36.5 Å². The third-order valence-electron chi connectivity index (χ3n) is 4.70. The van der Waals surface area contributed by atoms with Crippen LogP contribution >= 0.6 is 0 Å².